The van der Waals surface area contributed by atoms with Crippen LogP contribution in [0.25, 0.3) is 6.08 Å². The molecule has 0 fully saturated rings. The van der Waals surface area contributed by atoms with Gasteiger partial charge in [0.15, 0.2) is 0 Å². The lowest BCUT2D eigenvalue weighted by molar-refractivity contribution is 0.561. The number of carbonyl (C=O) groups excluding carboxylic acids is 1. The lowest BCUT2D eigenvalue weighted by atomic mass is 10.0. The summed E-state index contributed by atoms with van der Waals surface area (Å²) in [5.74, 6) is 0. The molecule has 70 valence electrons. The maximum atomic E-state index is 10.2. The Labute approximate surface area is 83.3 Å². The van der Waals surface area contributed by atoms with Gasteiger partial charge in [0.2, 0.25) is 6.08 Å². The molecule has 1 aromatic rings. The van der Waals surface area contributed by atoms with Crippen molar-refractivity contribution in [3.05, 3.63) is 54.6 Å². The van der Waals surface area contributed by atoms with E-state index in [1.54, 1.807) is 12.2 Å². The van der Waals surface area contributed by atoms with Gasteiger partial charge in [-0.2, -0.15) is 4.99 Å². The highest BCUT2D eigenvalue weighted by Gasteiger charge is 2.07. The lowest BCUT2D eigenvalue weighted by Gasteiger charge is -2.08. The molecule has 0 aliphatic heterocycles. The van der Waals surface area contributed by atoms with Gasteiger partial charge in [0.1, 0.15) is 6.04 Å². The second-order valence-electron chi connectivity index (χ2n) is 2.73. The normalized spacial score (nSPS) is 11.1. The van der Waals surface area contributed by atoms with E-state index in [9.17, 15) is 4.79 Å². The van der Waals surface area contributed by atoms with Crippen LogP contribution in [0.4, 0.5) is 0 Å². The molecule has 0 bridgehead atoms. The number of rotatable bonds is 4. The van der Waals surface area contributed by atoms with Crippen LogP contribution in [0.5, 0.6) is 0 Å². The number of isocyanates is 1. The highest BCUT2D eigenvalue weighted by atomic mass is 16.1. The molecule has 1 aromatic carbocycles. The molecule has 0 spiro atoms. The fourth-order valence-corrected chi connectivity index (χ4v) is 1.27. The van der Waals surface area contributed by atoms with Crippen LogP contribution in [0, 0.1) is 0 Å². The highest BCUT2D eigenvalue weighted by Crippen LogP contribution is 2.22. The molecule has 0 aliphatic carbocycles. The molecule has 1 rings (SSSR count). The fourth-order valence-electron chi connectivity index (χ4n) is 1.27. The third-order valence-electron chi connectivity index (χ3n) is 1.95. The second-order valence-corrected chi connectivity index (χ2v) is 2.73. The van der Waals surface area contributed by atoms with Gasteiger partial charge in [0.05, 0.1) is 0 Å². The van der Waals surface area contributed by atoms with Crippen LogP contribution in [-0.2, 0) is 4.79 Å². The average Bonchev–Trinajstić information content (AvgIpc) is 2.26. The Morgan fingerprint density at radius 1 is 1.36 bits per heavy atom. The summed E-state index contributed by atoms with van der Waals surface area (Å²) in [7, 11) is 0. The first-order valence-corrected chi connectivity index (χ1v) is 4.24. The Morgan fingerprint density at radius 3 is 2.64 bits per heavy atom. The van der Waals surface area contributed by atoms with Crippen molar-refractivity contribution >= 4 is 12.2 Å². The number of hydrogen-bond acceptors (Lipinski definition) is 2. The van der Waals surface area contributed by atoms with Gasteiger partial charge in [-0.3, -0.25) is 0 Å². The quantitative estimate of drug-likeness (QED) is 0.403. The summed E-state index contributed by atoms with van der Waals surface area (Å²) in [6, 6.07) is 7.27. The zero-order valence-corrected chi connectivity index (χ0v) is 7.81. The molecule has 1 unspecified atom stereocenters. The van der Waals surface area contributed by atoms with Crippen LogP contribution in [0.2, 0.25) is 0 Å². The van der Waals surface area contributed by atoms with Gasteiger partial charge in [-0.15, -0.1) is 6.58 Å². The predicted octanol–water partition coefficient (Wildman–Crippen LogP) is 2.89. The van der Waals surface area contributed by atoms with Gasteiger partial charge in [-0.1, -0.05) is 43.0 Å². The van der Waals surface area contributed by atoms with Gasteiger partial charge >= 0.3 is 0 Å². The summed E-state index contributed by atoms with van der Waals surface area (Å²) in [6.45, 7) is 7.32. The van der Waals surface area contributed by atoms with Crippen LogP contribution in [0.3, 0.4) is 0 Å². The Kier molecular flexibility index (Phi) is 3.59. The molecule has 0 saturated carbocycles. The molecular weight excluding hydrogens is 174 g/mol. The minimum Gasteiger partial charge on any atom is -0.211 e. The first kappa shape index (κ1) is 10.2. The number of aliphatic imine (C=N–C) groups is 1. The van der Waals surface area contributed by atoms with Crippen molar-refractivity contribution < 1.29 is 4.79 Å². The summed E-state index contributed by atoms with van der Waals surface area (Å²) >= 11 is 0. The van der Waals surface area contributed by atoms with Gasteiger partial charge in [-0.05, 0) is 11.1 Å². The lowest BCUT2D eigenvalue weighted by Crippen LogP contribution is -1.93. The van der Waals surface area contributed by atoms with E-state index in [0.717, 1.165) is 11.1 Å². The predicted molar refractivity (Wildman–Crippen MR) is 57.6 cm³/mol. The molecule has 2 heteroatoms. The molecule has 1 atom stereocenters. The first-order valence-electron chi connectivity index (χ1n) is 4.24. The Hall–Kier alpha value is -1.92. The maximum absolute atomic E-state index is 10.2. The number of hydrogen-bond donors (Lipinski definition) is 0. The van der Waals surface area contributed by atoms with Crippen molar-refractivity contribution in [1.29, 1.82) is 0 Å². The van der Waals surface area contributed by atoms with E-state index in [-0.39, 0.29) is 6.04 Å². The Morgan fingerprint density at radius 2 is 2.07 bits per heavy atom. The van der Waals surface area contributed by atoms with E-state index in [1.165, 1.54) is 6.08 Å². The van der Waals surface area contributed by atoms with Crippen LogP contribution in [0.1, 0.15) is 17.2 Å². The van der Waals surface area contributed by atoms with Gasteiger partial charge in [-0.25, -0.2) is 4.79 Å². The zero-order chi connectivity index (χ0) is 10.4. The van der Waals surface area contributed by atoms with Crippen molar-refractivity contribution in [1.82, 2.24) is 0 Å². The van der Waals surface area contributed by atoms with Crippen molar-refractivity contribution in [3.8, 4) is 0 Å². The highest BCUT2D eigenvalue weighted by molar-refractivity contribution is 5.54. The van der Waals surface area contributed by atoms with E-state index >= 15 is 0 Å². The second kappa shape index (κ2) is 4.95. The molecule has 0 heterocycles. The van der Waals surface area contributed by atoms with Crippen molar-refractivity contribution in [2.24, 2.45) is 4.99 Å². The number of nitrogens with zero attached hydrogens (tertiary/aromatic N) is 1. The summed E-state index contributed by atoms with van der Waals surface area (Å²) in [4.78, 5) is 13.8. The summed E-state index contributed by atoms with van der Waals surface area (Å²) in [6.07, 6.45) is 4.87. The monoisotopic (exact) mass is 185 g/mol. The molecule has 0 amide bonds. The first-order chi connectivity index (χ1) is 6.83. The third kappa shape index (κ3) is 2.06. The molecular formula is C12H11NO. The fraction of sp³-hybridized carbons (Fsp3) is 0.0833. The Balaban J connectivity index is 3.20. The molecule has 0 aromatic heterocycles. The molecule has 14 heavy (non-hydrogen) atoms. The van der Waals surface area contributed by atoms with E-state index in [0.29, 0.717) is 0 Å². The zero-order valence-electron chi connectivity index (χ0n) is 7.81. The van der Waals surface area contributed by atoms with Crippen molar-refractivity contribution in [3.63, 3.8) is 0 Å². The van der Waals surface area contributed by atoms with Crippen LogP contribution in [0.15, 0.2) is 48.5 Å². The average molecular weight is 185 g/mol. The summed E-state index contributed by atoms with van der Waals surface area (Å²) in [5.41, 5.74) is 1.87. The van der Waals surface area contributed by atoms with Gasteiger partial charge in [0.25, 0.3) is 0 Å². The van der Waals surface area contributed by atoms with Gasteiger partial charge < -0.3 is 0 Å². The van der Waals surface area contributed by atoms with E-state index in [2.05, 4.69) is 18.2 Å². The van der Waals surface area contributed by atoms with Crippen LogP contribution >= 0.6 is 0 Å². The van der Waals surface area contributed by atoms with Gasteiger partial charge in [0, 0.05) is 0 Å². The van der Waals surface area contributed by atoms with Crippen molar-refractivity contribution in [2.45, 2.75) is 6.04 Å². The third-order valence-corrected chi connectivity index (χ3v) is 1.95. The van der Waals surface area contributed by atoms with Crippen LogP contribution in [-0.4, -0.2) is 6.08 Å². The standard InChI is InChI=1S/C12H11NO/c1-3-10-7-5-6-8-11(10)12(4-2)13-9-14/h3-8,12H,1-2H2. The minimum absolute atomic E-state index is 0.332. The maximum Gasteiger partial charge on any atom is 0.235 e. The van der Waals surface area contributed by atoms with Crippen molar-refractivity contribution in [2.75, 3.05) is 0 Å². The largest absolute Gasteiger partial charge is 0.235 e. The molecule has 2 nitrogen and oxygen atoms in total. The SMILES string of the molecule is C=Cc1ccccc1C(C=C)N=C=O. The smallest absolute Gasteiger partial charge is 0.211 e. The minimum atomic E-state index is -0.332. The molecule has 0 radical (unpaired) electrons. The summed E-state index contributed by atoms with van der Waals surface area (Å²) in [5, 5.41) is 0. The van der Waals surface area contributed by atoms with Crippen LogP contribution < -0.4 is 0 Å². The number of benzene rings is 1. The van der Waals surface area contributed by atoms with E-state index in [4.69, 9.17) is 0 Å². The summed E-state index contributed by atoms with van der Waals surface area (Å²) < 4.78 is 0. The molecule has 0 aliphatic rings. The molecule has 0 saturated heterocycles. The topological polar surface area (TPSA) is 29.4 Å². The molecule has 0 N–H and O–H groups in total. The van der Waals surface area contributed by atoms with E-state index < -0.39 is 0 Å². The Bertz CT molecular complexity index is 389. The van der Waals surface area contributed by atoms with E-state index in [1.807, 2.05) is 24.3 Å².